The molecule has 1 aliphatic heterocycles. The maximum atomic E-state index is 13.1. The molecule has 0 fully saturated rings. The predicted molar refractivity (Wildman–Crippen MR) is 119 cm³/mol. The van der Waals surface area contributed by atoms with Crippen LogP contribution in [0.15, 0.2) is 53.7 Å². The van der Waals surface area contributed by atoms with Crippen LogP contribution in [0.2, 0.25) is 0 Å². The number of benzene rings is 2. The minimum absolute atomic E-state index is 0.0606. The molecular formula is C23H25FN4O2S. The number of fused-ring (bicyclic) bond motifs is 1. The molecule has 2 heterocycles. The summed E-state index contributed by atoms with van der Waals surface area (Å²) < 4.78 is 21.1. The van der Waals surface area contributed by atoms with E-state index in [-0.39, 0.29) is 29.6 Å². The molecule has 2 aromatic carbocycles. The zero-order chi connectivity index (χ0) is 22.0. The van der Waals surface area contributed by atoms with E-state index in [0.717, 1.165) is 12.1 Å². The van der Waals surface area contributed by atoms with E-state index in [1.807, 2.05) is 48.4 Å². The highest BCUT2D eigenvalue weighted by molar-refractivity contribution is 7.99. The summed E-state index contributed by atoms with van der Waals surface area (Å²) >= 11 is 1.38. The smallest absolute Gasteiger partial charge is 0.237 e. The van der Waals surface area contributed by atoms with Crippen molar-refractivity contribution < 1.29 is 13.9 Å². The Hall–Kier alpha value is -2.87. The average molecular weight is 441 g/mol. The van der Waals surface area contributed by atoms with Gasteiger partial charge >= 0.3 is 0 Å². The highest BCUT2D eigenvalue weighted by Crippen LogP contribution is 2.30. The summed E-state index contributed by atoms with van der Waals surface area (Å²) in [4.78, 5) is 14.7. The van der Waals surface area contributed by atoms with Crippen molar-refractivity contribution in [3.8, 4) is 5.75 Å². The lowest BCUT2D eigenvalue weighted by Gasteiger charge is -2.19. The first-order valence-electron chi connectivity index (χ1n) is 10.3. The number of hydrogen-bond donors (Lipinski definition) is 0. The lowest BCUT2D eigenvalue weighted by Crippen LogP contribution is -2.30. The second-order valence-corrected chi connectivity index (χ2v) is 8.67. The monoisotopic (exact) mass is 440 g/mol. The quantitative estimate of drug-likeness (QED) is 0.493. The normalized spacial score (nSPS) is 14.0. The second kappa shape index (κ2) is 9.09. The fourth-order valence-electron chi connectivity index (χ4n) is 3.72. The number of anilines is 1. The van der Waals surface area contributed by atoms with E-state index in [1.165, 1.54) is 29.5 Å². The minimum atomic E-state index is -0.379. The van der Waals surface area contributed by atoms with Crippen LogP contribution in [0.1, 0.15) is 44.3 Å². The van der Waals surface area contributed by atoms with E-state index in [2.05, 4.69) is 16.3 Å². The predicted octanol–water partition coefficient (Wildman–Crippen LogP) is 4.82. The highest BCUT2D eigenvalue weighted by Gasteiger charge is 2.26. The van der Waals surface area contributed by atoms with E-state index >= 15 is 0 Å². The fourth-order valence-corrected chi connectivity index (χ4v) is 4.67. The first-order valence-corrected chi connectivity index (χ1v) is 11.3. The molecule has 1 aromatic heterocycles. The summed E-state index contributed by atoms with van der Waals surface area (Å²) in [5, 5.41) is 9.33. The Morgan fingerprint density at radius 2 is 1.87 bits per heavy atom. The van der Waals surface area contributed by atoms with Crippen LogP contribution in [0.5, 0.6) is 5.75 Å². The number of thioether (sulfide) groups is 1. The number of ether oxygens (including phenoxy) is 1. The highest BCUT2D eigenvalue weighted by atomic mass is 32.2. The molecule has 3 aromatic rings. The van der Waals surface area contributed by atoms with Gasteiger partial charge < -0.3 is 14.2 Å². The van der Waals surface area contributed by atoms with E-state index in [9.17, 15) is 9.18 Å². The summed E-state index contributed by atoms with van der Waals surface area (Å²) in [6.45, 7) is 6.68. The molecule has 6 nitrogen and oxygen atoms in total. The fraction of sp³-hybridized carbons (Fsp3) is 0.348. The third kappa shape index (κ3) is 4.58. The number of hydrogen-bond acceptors (Lipinski definition) is 5. The molecule has 8 heteroatoms. The Morgan fingerprint density at radius 3 is 2.61 bits per heavy atom. The van der Waals surface area contributed by atoms with Gasteiger partial charge in [0.15, 0.2) is 17.1 Å². The Bertz CT molecular complexity index is 1070. The van der Waals surface area contributed by atoms with Crippen molar-refractivity contribution >= 4 is 23.4 Å². The Labute approximate surface area is 185 Å². The SMILES string of the molecule is CC(Oc1ccc(F)cc1)c1nnc(SCC(=O)N2CCc3ccccc32)n1C(C)C. The molecule has 0 saturated heterocycles. The van der Waals surface area contributed by atoms with Gasteiger partial charge in [-0.3, -0.25) is 4.79 Å². The topological polar surface area (TPSA) is 60.3 Å². The summed E-state index contributed by atoms with van der Waals surface area (Å²) in [7, 11) is 0. The summed E-state index contributed by atoms with van der Waals surface area (Å²) in [5.41, 5.74) is 2.21. The van der Waals surface area contributed by atoms with Crippen LogP contribution in [-0.4, -0.2) is 33.0 Å². The summed E-state index contributed by atoms with van der Waals surface area (Å²) in [5.74, 6) is 1.26. The van der Waals surface area contributed by atoms with E-state index < -0.39 is 0 Å². The van der Waals surface area contributed by atoms with Crippen molar-refractivity contribution in [2.75, 3.05) is 17.2 Å². The maximum absolute atomic E-state index is 13.1. The van der Waals surface area contributed by atoms with Crippen LogP contribution in [0.4, 0.5) is 10.1 Å². The van der Waals surface area contributed by atoms with Gasteiger partial charge in [-0.25, -0.2) is 4.39 Å². The zero-order valence-electron chi connectivity index (χ0n) is 17.8. The van der Waals surface area contributed by atoms with Gasteiger partial charge in [-0.2, -0.15) is 0 Å². The van der Waals surface area contributed by atoms with Gasteiger partial charge in [-0.1, -0.05) is 30.0 Å². The van der Waals surface area contributed by atoms with Gasteiger partial charge in [0.2, 0.25) is 5.91 Å². The number of halogens is 1. The average Bonchev–Trinajstić information content (AvgIpc) is 3.38. The summed E-state index contributed by atoms with van der Waals surface area (Å²) in [6.07, 6.45) is 0.507. The lowest BCUT2D eigenvalue weighted by molar-refractivity contribution is -0.116. The molecule has 0 aliphatic carbocycles. The van der Waals surface area contributed by atoms with Crippen molar-refractivity contribution in [1.82, 2.24) is 14.8 Å². The Balaban J connectivity index is 1.46. The molecule has 0 spiro atoms. The molecule has 1 unspecified atom stereocenters. The van der Waals surface area contributed by atoms with Crippen LogP contribution >= 0.6 is 11.8 Å². The van der Waals surface area contributed by atoms with Crippen molar-refractivity contribution in [1.29, 1.82) is 0 Å². The zero-order valence-corrected chi connectivity index (χ0v) is 18.6. The summed E-state index contributed by atoms with van der Waals surface area (Å²) in [6, 6.07) is 14.0. The Kier molecular flexibility index (Phi) is 6.27. The number of carbonyl (C=O) groups excluding carboxylic acids is 1. The number of nitrogens with zero attached hydrogens (tertiary/aromatic N) is 4. The van der Waals surface area contributed by atoms with Crippen molar-refractivity contribution in [3.05, 3.63) is 65.7 Å². The van der Waals surface area contributed by atoms with Crippen LogP contribution in [0.3, 0.4) is 0 Å². The number of para-hydroxylation sites is 1. The van der Waals surface area contributed by atoms with Crippen molar-refractivity contribution in [2.24, 2.45) is 0 Å². The molecule has 0 bridgehead atoms. The molecule has 1 aliphatic rings. The number of amides is 1. The van der Waals surface area contributed by atoms with Gasteiger partial charge in [0.05, 0.1) is 5.75 Å². The van der Waals surface area contributed by atoms with E-state index in [4.69, 9.17) is 4.74 Å². The van der Waals surface area contributed by atoms with Gasteiger partial charge in [0, 0.05) is 18.3 Å². The third-order valence-electron chi connectivity index (χ3n) is 5.21. The Morgan fingerprint density at radius 1 is 1.13 bits per heavy atom. The number of carbonyl (C=O) groups is 1. The van der Waals surface area contributed by atoms with E-state index in [0.29, 0.717) is 23.3 Å². The molecule has 0 saturated carbocycles. The van der Waals surface area contributed by atoms with E-state index in [1.54, 1.807) is 12.1 Å². The van der Waals surface area contributed by atoms with Crippen LogP contribution in [-0.2, 0) is 11.2 Å². The van der Waals surface area contributed by atoms with Crippen LogP contribution in [0, 0.1) is 5.82 Å². The van der Waals surface area contributed by atoms with Gasteiger partial charge in [0.1, 0.15) is 11.6 Å². The first kappa shape index (κ1) is 21.4. The molecule has 1 atom stereocenters. The van der Waals surface area contributed by atoms with Gasteiger partial charge in [0.25, 0.3) is 0 Å². The van der Waals surface area contributed by atoms with Crippen molar-refractivity contribution in [2.45, 2.75) is 44.5 Å². The molecule has 4 rings (SSSR count). The molecular weight excluding hydrogens is 415 g/mol. The molecule has 162 valence electrons. The van der Waals surface area contributed by atoms with Gasteiger partial charge in [-0.15, -0.1) is 10.2 Å². The number of rotatable bonds is 7. The minimum Gasteiger partial charge on any atom is -0.483 e. The first-order chi connectivity index (χ1) is 14.9. The second-order valence-electron chi connectivity index (χ2n) is 7.73. The van der Waals surface area contributed by atoms with Crippen LogP contribution < -0.4 is 9.64 Å². The maximum Gasteiger partial charge on any atom is 0.237 e. The molecule has 31 heavy (non-hydrogen) atoms. The number of aromatic nitrogens is 3. The van der Waals surface area contributed by atoms with Crippen molar-refractivity contribution in [3.63, 3.8) is 0 Å². The molecule has 0 radical (unpaired) electrons. The third-order valence-corrected chi connectivity index (χ3v) is 6.14. The van der Waals surface area contributed by atoms with Crippen LogP contribution in [0.25, 0.3) is 0 Å². The lowest BCUT2D eigenvalue weighted by atomic mass is 10.2. The molecule has 0 N–H and O–H groups in total. The van der Waals surface area contributed by atoms with Gasteiger partial charge in [-0.05, 0) is 63.1 Å². The largest absolute Gasteiger partial charge is 0.483 e. The molecule has 1 amide bonds. The standard InChI is InChI=1S/C23H25FN4O2S/c1-15(2)28-22(16(3)30-19-10-8-18(24)9-11-19)25-26-23(28)31-14-21(29)27-13-12-17-6-4-5-7-20(17)27/h4-11,15-16H,12-14H2,1-3H3.